The van der Waals surface area contributed by atoms with Crippen LogP contribution in [0.15, 0.2) is 24.3 Å². The molecular weight excluding hydrogens is 362 g/mol. The minimum atomic E-state index is -0.532. The fraction of sp³-hybridized carbons (Fsp3) is 0.500. The minimum Gasteiger partial charge on any atom is -0.468 e. The zero-order valence-electron chi connectivity index (χ0n) is 15.9. The van der Waals surface area contributed by atoms with Gasteiger partial charge in [0.05, 0.1) is 13.0 Å². The number of methoxy groups -OCH3 is 1. The first-order chi connectivity index (χ1) is 13.5. The summed E-state index contributed by atoms with van der Waals surface area (Å²) in [4.78, 5) is 49.7. The molecule has 2 aliphatic rings. The number of anilines is 1. The molecule has 0 aromatic heterocycles. The molecule has 1 saturated heterocycles. The normalized spacial score (nSPS) is 19.5. The van der Waals surface area contributed by atoms with Gasteiger partial charge in [-0.25, -0.2) is 0 Å². The second-order valence-electron chi connectivity index (χ2n) is 7.21. The molecule has 1 aromatic carbocycles. The van der Waals surface area contributed by atoms with E-state index in [1.165, 1.54) is 7.11 Å². The molecule has 1 atom stereocenters. The number of nitrogens with zero attached hydrogens (tertiary/aromatic N) is 1. The summed E-state index contributed by atoms with van der Waals surface area (Å²) in [5.41, 5.74) is 0.923. The molecule has 0 spiro atoms. The van der Waals surface area contributed by atoms with Crippen molar-refractivity contribution in [3.05, 3.63) is 29.8 Å². The third-order valence-corrected chi connectivity index (χ3v) is 5.33. The molecule has 1 aliphatic carbocycles. The Morgan fingerprint density at radius 1 is 1.14 bits per heavy atom. The van der Waals surface area contributed by atoms with Crippen LogP contribution in [0.3, 0.4) is 0 Å². The maximum absolute atomic E-state index is 12.5. The molecule has 8 heteroatoms. The van der Waals surface area contributed by atoms with Crippen molar-refractivity contribution in [3.8, 4) is 0 Å². The fourth-order valence-electron chi connectivity index (χ4n) is 3.75. The molecule has 1 unspecified atom stereocenters. The van der Waals surface area contributed by atoms with Gasteiger partial charge in [-0.2, -0.15) is 0 Å². The van der Waals surface area contributed by atoms with Gasteiger partial charge >= 0.3 is 5.97 Å². The van der Waals surface area contributed by atoms with Crippen LogP contribution in [0.25, 0.3) is 0 Å². The summed E-state index contributed by atoms with van der Waals surface area (Å²) < 4.78 is 4.47. The lowest BCUT2D eigenvalue weighted by atomic mass is 10.1. The molecule has 2 fully saturated rings. The smallest absolute Gasteiger partial charge is 0.325 e. The zero-order valence-corrected chi connectivity index (χ0v) is 15.9. The molecule has 3 rings (SSSR count). The number of ether oxygens (including phenoxy) is 1. The van der Waals surface area contributed by atoms with Crippen LogP contribution in [0, 0.1) is 5.92 Å². The molecule has 2 N–H and O–H groups in total. The summed E-state index contributed by atoms with van der Waals surface area (Å²) in [6.45, 7) is 0.268. The molecule has 1 aliphatic heterocycles. The number of esters is 1. The van der Waals surface area contributed by atoms with Crippen LogP contribution in [0.1, 0.15) is 42.5 Å². The Morgan fingerprint density at radius 3 is 2.46 bits per heavy atom. The standard InChI is InChI=1S/C20H25N3O5/c1-28-18(25)11-21-19(26)13-6-8-15(9-7-13)22-20(27)14-10-17(24)23(12-14)16-4-2-3-5-16/h6-9,14,16H,2-5,10-12H2,1H3,(H,21,26)(H,22,27). The van der Waals surface area contributed by atoms with Crippen molar-refractivity contribution in [3.63, 3.8) is 0 Å². The highest BCUT2D eigenvalue weighted by Gasteiger charge is 2.38. The van der Waals surface area contributed by atoms with Gasteiger partial charge in [0.1, 0.15) is 6.54 Å². The van der Waals surface area contributed by atoms with Crippen molar-refractivity contribution in [2.24, 2.45) is 5.92 Å². The van der Waals surface area contributed by atoms with Crippen LogP contribution in [0.4, 0.5) is 5.69 Å². The van der Waals surface area contributed by atoms with Gasteiger partial charge in [-0.1, -0.05) is 12.8 Å². The number of carbonyl (C=O) groups excluding carboxylic acids is 4. The number of rotatable bonds is 6. The summed E-state index contributed by atoms with van der Waals surface area (Å²) >= 11 is 0. The zero-order chi connectivity index (χ0) is 20.1. The number of carbonyl (C=O) groups is 4. The van der Waals surface area contributed by atoms with Crippen LogP contribution in [0.5, 0.6) is 0 Å². The van der Waals surface area contributed by atoms with Gasteiger partial charge in [0, 0.05) is 30.3 Å². The highest BCUT2D eigenvalue weighted by molar-refractivity contribution is 5.99. The van der Waals surface area contributed by atoms with Crippen LogP contribution < -0.4 is 10.6 Å². The largest absolute Gasteiger partial charge is 0.468 e. The Labute approximate surface area is 163 Å². The number of amides is 3. The summed E-state index contributed by atoms with van der Waals surface area (Å²) in [5, 5.41) is 5.26. The number of hydrogen-bond acceptors (Lipinski definition) is 5. The first-order valence-electron chi connectivity index (χ1n) is 9.53. The van der Waals surface area contributed by atoms with E-state index in [0.29, 0.717) is 17.8 Å². The molecule has 150 valence electrons. The SMILES string of the molecule is COC(=O)CNC(=O)c1ccc(NC(=O)C2CC(=O)N(C3CCCC3)C2)cc1. The van der Waals surface area contributed by atoms with Gasteiger partial charge < -0.3 is 20.3 Å². The Hall–Kier alpha value is -2.90. The first kappa shape index (κ1) is 19.9. The van der Waals surface area contributed by atoms with Crippen molar-refractivity contribution < 1.29 is 23.9 Å². The van der Waals surface area contributed by atoms with E-state index in [4.69, 9.17) is 0 Å². The average Bonchev–Trinajstić information content (AvgIpc) is 3.35. The molecule has 1 aromatic rings. The molecule has 0 radical (unpaired) electrons. The minimum absolute atomic E-state index is 0.0599. The van der Waals surface area contributed by atoms with Gasteiger partial charge in [0.25, 0.3) is 5.91 Å². The lowest BCUT2D eigenvalue weighted by Gasteiger charge is -2.23. The first-order valence-corrected chi connectivity index (χ1v) is 9.53. The van der Waals surface area contributed by atoms with Crippen molar-refractivity contribution in [1.82, 2.24) is 10.2 Å². The van der Waals surface area contributed by atoms with Crippen molar-refractivity contribution >= 4 is 29.4 Å². The Bertz CT molecular complexity index is 756. The van der Waals surface area contributed by atoms with Crippen LogP contribution in [-0.2, 0) is 19.1 Å². The summed E-state index contributed by atoms with van der Waals surface area (Å²) in [7, 11) is 1.25. The molecule has 0 bridgehead atoms. The van der Waals surface area contributed by atoms with E-state index in [2.05, 4.69) is 15.4 Å². The van der Waals surface area contributed by atoms with Gasteiger partial charge in [0.15, 0.2) is 0 Å². The van der Waals surface area contributed by atoms with E-state index < -0.39 is 11.9 Å². The summed E-state index contributed by atoms with van der Waals surface area (Å²) in [6.07, 6.45) is 4.59. The van der Waals surface area contributed by atoms with E-state index >= 15 is 0 Å². The molecule has 28 heavy (non-hydrogen) atoms. The average molecular weight is 387 g/mol. The lowest BCUT2D eigenvalue weighted by Crippen LogP contribution is -2.35. The van der Waals surface area contributed by atoms with Crippen molar-refractivity contribution in [1.29, 1.82) is 0 Å². The number of benzene rings is 1. The van der Waals surface area contributed by atoms with Crippen LogP contribution >= 0.6 is 0 Å². The maximum atomic E-state index is 12.5. The highest BCUT2D eigenvalue weighted by Crippen LogP contribution is 2.30. The Kier molecular flexibility index (Phi) is 6.28. The molecule has 1 saturated carbocycles. The second kappa shape index (κ2) is 8.86. The fourth-order valence-corrected chi connectivity index (χ4v) is 3.75. The van der Waals surface area contributed by atoms with Gasteiger partial charge in [-0.3, -0.25) is 19.2 Å². The summed E-state index contributed by atoms with van der Waals surface area (Å²) in [6, 6.07) is 6.65. The lowest BCUT2D eigenvalue weighted by molar-refractivity contribution is -0.139. The van der Waals surface area contributed by atoms with Crippen molar-refractivity contribution in [2.75, 3.05) is 25.5 Å². The van der Waals surface area contributed by atoms with Gasteiger partial charge in [-0.15, -0.1) is 0 Å². The second-order valence-corrected chi connectivity index (χ2v) is 7.21. The monoisotopic (exact) mass is 387 g/mol. The number of likely N-dealkylation sites (tertiary alicyclic amines) is 1. The Balaban J connectivity index is 1.52. The topological polar surface area (TPSA) is 105 Å². The number of hydrogen-bond donors (Lipinski definition) is 2. The molecular formula is C20H25N3O5. The maximum Gasteiger partial charge on any atom is 0.325 e. The van der Waals surface area contributed by atoms with Crippen molar-refractivity contribution in [2.45, 2.75) is 38.1 Å². The molecule has 8 nitrogen and oxygen atoms in total. The van der Waals surface area contributed by atoms with Gasteiger partial charge in [-0.05, 0) is 37.1 Å². The number of nitrogens with one attached hydrogen (secondary N) is 2. The van der Waals surface area contributed by atoms with E-state index in [1.807, 2.05) is 4.90 Å². The van der Waals surface area contributed by atoms with E-state index in [-0.39, 0.29) is 36.7 Å². The molecule has 1 heterocycles. The third kappa shape index (κ3) is 4.68. The van der Waals surface area contributed by atoms with Crippen LogP contribution in [-0.4, -0.2) is 54.8 Å². The van der Waals surface area contributed by atoms with Crippen LogP contribution in [0.2, 0.25) is 0 Å². The van der Waals surface area contributed by atoms with E-state index in [0.717, 1.165) is 25.7 Å². The quantitative estimate of drug-likeness (QED) is 0.717. The predicted octanol–water partition coefficient (Wildman–Crippen LogP) is 1.32. The van der Waals surface area contributed by atoms with Gasteiger partial charge in [0.2, 0.25) is 11.8 Å². The Morgan fingerprint density at radius 2 is 1.82 bits per heavy atom. The van der Waals surface area contributed by atoms with E-state index in [9.17, 15) is 19.2 Å². The summed E-state index contributed by atoms with van der Waals surface area (Å²) in [5.74, 6) is -1.41. The third-order valence-electron chi connectivity index (χ3n) is 5.33. The van der Waals surface area contributed by atoms with E-state index in [1.54, 1.807) is 24.3 Å². The molecule has 3 amide bonds. The predicted molar refractivity (Wildman–Crippen MR) is 101 cm³/mol. The highest BCUT2D eigenvalue weighted by atomic mass is 16.5.